The first-order valence-corrected chi connectivity index (χ1v) is 8.13. The van der Waals surface area contributed by atoms with Crippen molar-refractivity contribution in [2.24, 2.45) is 0 Å². The summed E-state index contributed by atoms with van der Waals surface area (Å²) in [6, 6.07) is 6.90. The van der Waals surface area contributed by atoms with E-state index in [0.29, 0.717) is 42.2 Å². The van der Waals surface area contributed by atoms with Crippen molar-refractivity contribution < 1.29 is 9.59 Å². The number of hydrogen-bond acceptors (Lipinski definition) is 4. The van der Waals surface area contributed by atoms with E-state index in [-0.39, 0.29) is 17.9 Å². The summed E-state index contributed by atoms with van der Waals surface area (Å²) in [5.41, 5.74) is 0.888. The van der Waals surface area contributed by atoms with E-state index in [2.05, 4.69) is 15.3 Å². The number of halogens is 1. The van der Waals surface area contributed by atoms with Crippen molar-refractivity contribution in [2.45, 2.75) is 18.9 Å². The van der Waals surface area contributed by atoms with Crippen LogP contribution < -0.4 is 5.32 Å². The minimum absolute atomic E-state index is 0.0439. The van der Waals surface area contributed by atoms with Crippen molar-refractivity contribution in [1.82, 2.24) is 20.2 Å². The summed E-state index contributed by atoms with van der Waals surface area (Å²) < 4.78 is 0. The van der Waals surface area contributed by atoms with Gasteiger partial charge in [-0.15, -0.1) is 0 Å². The van der Waals surface area contributed by atoms with Gasteiger partial charge in [-0.3, -0.25) is 14.6 Å². The summed E-state index contributed by atoms with van der Waals surface area (Å²) >= 11 is 5.91. The van der Waals surface area contributed by atoms with Crippen LogP contribution in [0, 0.1) is 0 Å². The molecule has 2 amide bonds. The summed E-state index contributed by atoms with van der Waals surface area (Å²) in [4.78, 5) is 34.2. The van der Waals surface area contributed by atoms with Crippen molar-refractivity contribution in [2.75, 3.05) is 13.1 Å². The van der Waals surface area contributed by atoms with Crippen LogP contribution in [-0.4, -0.2) is 45.8 Å². The van der Waals surface area contributed by atoms with Gasteiger partial charge in [0, 0.05) is 42.1 Å². The van der Waals surface area contributed by atoms with Gasteiger partial charge in [-0.2, -0.15) is 0 Å². The molecular formula is C17H17ClN4O2. The number of benzene rings is 1. The number of carbonyl (C=O) groups excluding carboxylic acids is 2. The standard InChI is InChI=1S/C17H17ClN4O2/c18-13-3-1-2-12(10-13)16(23)21-14-4-8-22(9-5-14)17(24)15-11-19-6-7-20-15/h1-3,6-7,10-11,14H,4-5,8-9H2,(H,21,23). The predicted octanol–water partition coefficient (Wildman–Crippen LogP) is 2.16. The Balaban J connectivity index is 1.54. The molecule has 2 aromatic rings. The molecule has 0 atom stereocenters. The lowest BCUT2D eigenvalue weighted by Gasteiger charge is -2.32. The van der Waals surface area contributed by atoms with Gasteiger partial charge in [0.05, 0.1) is 6.20 Å². The molecular weight excluding hydrogens is 328 g/mol. The maximum Gasteiger partial charge on any atom is 0.274 e. The van der Waals surface area contributed by atoms with Crippen LogP contribution in [0.3, 0.4) is 0 Å². The average Bonchev–Trinajstić information content (AvgIpc) is 2.62. The van der Waals surface area contributed by atoms with Gasteiger partial charge in [0.2, 0.25) is 0 Å². The van der Waals surface area contributed by atoms with Crippen LogP contribution in [0.2, 0.25) is 5.02 Å². The van der Waals surface area contributed by atoms with Gasteiger partial charge in [0.25, 0.3) is 11.8 Å². The molecule has 124 valence electrons. The van der Waals surface area contributed by atoms with E-state index in [1.54, 1.807) is 29.2 Å². The fraction of sp³-hybridized carbons (Fsp3) is 0.294. The lowest BCUT2D eigenvalue weighted by Crippen LogP contribution is -2.46. The molecule has 6 nitrogen and oxygen atoms in total. The third-order valence-electron chi connectivity index (χ3n) is 3.99. The smallest absolute Gasteiger partial charge is 0.274 e. The number of hydrogen-bond donors (Lipinski definition) is 1. The zero-order chi connectivity index (χ0) is 16.9. The van der Waals surface area contributed by atoms with Crippen LogP contribution in [0.15, 0.2) is 42.9 Å². The molecule has 1 aliphatic heterocycles. The molecule has 0 aliphatic carbocycles. The fourth-order valence-corrected chi connectivity index (χ4v) is 2.89. The largest absolute Gasteiger partial charge is 0.349 e. The highest BCUT2D eigenvalue weighted by molar-refractivity contribution is 6.30. The summed E-state index contributed by atoms with van der Waals surface area (Å²) in [5.74, 6) is -0.265. The first-order chi connectivity index (χ1) is 11.6. The van der Waals surface area contributed by atoms with Crippen LogP contribution in [0.4, 0.5) is 0 Å². The second kappa shape index (κ2) is 7.40. The Morgan fingerprint density at radius 3 is 2.67 bits per heavy atom. The Morgan fingerprint density at radius 1 is 1.21 bits per heavy atom. The highest BCUT2D eigenvalue weighted by atomic mass is 35.5. The summed E-state index contributed by atoms with van der Waals surface area (Å²) in [6.45, 7) is 1.16. The van der Waals surface area contributed by atoms with Gasteiger partial charge in [-0.05, 0) is 31.0 Å². The number of amides is 2. The molecule has 2 heterocycles. The van der Waals surface area contributed by atoms with Gasteiger partial charge in [0.1, 0.15) is 5.69 Å². The molecule has 1 aromatic carbocycles. The van der Waals surface area contributed by atoms with Crippen LogP contribution in [0.1, 0.15) is 33.7 Å². The second-order valence-electron chi connectivity index (χ2n) is 5.64. The maximum atomic E-state index is 12.3. The molecule has 0 unspecified atom stereocenters. The summed E-state index contributed by atoms with van der Waals surface area (Å²) in [6.07, 6.45) is 5.92. The third kappa shape index (κ3) is 3.89. The molecule has 7 heteroatoms. The van der Waals surface area contributed by atoms with Gasteiger partial charge in [-0.1, -0.05) is 17.7 Å². The predicted molar refractivity (Wildman–Crippen MR) is 89.9 cm³/mol. The Hall–Kier alpha value is -2.47. The minimum Gasteiger partial charge on any atom is -0.349 e. The van der Waals surface area contributed by atoms with E-state index in [1.807, 2.05) is 0 Å². The van der Waals surface area contributed by atoms with Gasteiger partial charge < -0.3 is 10.2 Å². The van der Waals surface area contributed by atoms with Crippen molar-refractivity contribution >= 4 is 23.4 Å². The zero-order valence-corrected chi connectivity index (χ0v) is 13.7. The first-order valence-electron chi connectivity index (χ1n) is 7.75. The van der Waals surface area contributed by atoms with Crippen molar-refractivity contribution in [3.8, 4) is 0 Å². The zero-order valence-electron chi connectivity index (χ0n) is 13.0. The Kier molecular flexibility index (Phi) is 5.05. The molecule has 0 spiro atoms. The van der Waals surface area contributed by atoms with E-state index < -0.39 is 0 Å². The van der Waals surface area contributed by atoms with E-state index in [0.717, 1.165) is 0 Å². The molecule has 1 aliphatic rings. The van der Waals surface area contributed by atoms with Crippen LogP contribution in [-0.2, 0) is 0 Å². The van der Waals surface area contributed by atoms with Crippen molar-refractivity contribution in [3.63, 3.8) is 0 Å². The number of carbonyl (C=O) groups is 2. The summed E-state index contributed by atoms with van der Waals surface area (Å²) in [5, 5.41) is 3.53. The molecule has 24 heavy (non-hydrogen) atoms. The average molecular weight is 345 g/mol. The summed E-state index contributed by atoms with van der Waals surface area (Å²) in [7, 11) is 0. The highest BCUT2D eigenvalue weighted by Crippen LogP contribution is 2.15. The van der Waals surface area contributed by atoms with Gasteiger partial charge in [0.15, 0.2) is 0 Å². The van der Waals surface area contributed by atoms with E-state index in [9.17, 15) is 9.59 Å². The molecule has 1 fully saturated rings. The highest BCUT2D eigenvalue weighted by Gasteiger charge is 2.25. The van der Waals surface area contributed by atoms with E-state index in [4.69, 9.17) is 11.6 Å². The Bertz CT molecular complexity index is 730. The Labute approximate surface area is 144 Å². The third-order valence-corrected chi connectivity index (χ3v) is 4.22. The number of aromatic nitrogens is 2. The molecule has 1 aromatic heterocycles. The monoisotopic (exact) mass is 344 g/mol. The van der Waals surface area contributed by atoms with Gasteiger partial charge in [-0.25, -0.2) is 4.98 Å². The number of nitrogens with zero attached hydrogens (tertiary/aromatic N) is 3. The molecule has 0 saturated carbocycles. The SMILES string of the molecule is O=C(NC1CCN(C(=O)c2cnccn2)CC1)c1cccc(Cl)c1. The van der Waals surface area contributed by atoms with Crippen molar-refractivity contribution in [3.05, 3.63) is 59.1 Å². The molecule has 1 saturated heterocycles. The Morgan fingerprint density at radius 2 is 2.00 bits per heavy atom. The van der Waals surface area contributed by atoms with E-state index in [1.165, 1.54) is 18.6 Å². The van der Waals surface area contributed by atoms with Gasteiger partial charge >= 0.3 is 0 Å². The number of nitrogens with one attached hydrogen (secondary N) is 1. The lowest BCUT2D eigenvalue weighted by molar-refractivity contribution is 0.0692. The molecule has 0 bridgehead atoms. The second-order valence-corrected chi connectivity index (χ2v) is 6.08. The number of rotatable bonds is 3. The van der Waals surface area contributed by atoms with Crippen LogP contribution >= 0.6 is 11.6 Å². The lowest BCUT2D eigenvalue weighted by atomic mass is 10.0. The number of piperidine rings is 1. The normalized spacial score (nSPS) is 15.1. The molecule has 3 rings (SSSR count). The van der Waals surface area contributed by atoms with Crippen LogP contribution in [0.5, 0.6) is 0 Å². The number of likely N-dealkylation sites (tertiary alicyclic amines) is 1. The van der Waals surface area contributed by atoms with Crippen LogP contribution in [0.25, 0.3) is 0 Å². The van der Waals surface area contributed by atoms with Crippen molar-refractivity contribution in [1.29, 1.82) is 0 Å². The minimum atomic E-state index is -0.142. The molecule has 1 N–H and O–H groups in total. The quantitative estimate of drug-likeness (QED) is 0.925. The maximum absolute atomic E-state index is 12.3. The van der Waals surface area contributed by atoms with E-state index >= 15 is 0 Å². The first kappa shape index (κ1) is 16.4. The fourth-order valence-electron chi connectivity index (χ4n) is 2.70. The topological polar surface area (TPSA) is 75.2 Å². The molecule has 0 radical (unpaired) electrons.